The van der Waals surface area contributed by atoms with Crippen LogP contribution in [-0.4, -0.2) is 25.7 Å². The second-order valence-electron chi connectivity index (χ2n) is 6.69. The summed E-state index contributed by atoms with van der Waals surface area (Å²) >= 11 is 5.93. The Morgan fingerprint density at radius 1 is 1.23 bits per heavy atom. The number of fused-ring (bicyclic) bond motifs is 1. The van der Waals surface area contributed by atoms with Crippen LogP contribution >= 0.6 is 11.6 Å². The minimum Gasteiger partial charge on any atom is -0.371 e. The van der Waals surface area contributed by atoms with Gasteiger partial charge in [0.2, 0.25) is 0 Å². The number of urea groups is 1. The fourth-order valence-electron chi connectivity index (χ4n) is 3.45. The molecule has 0 fully saturated rings. The number of carbonyl (C=O) groups is 1. The van der Waals surface area contributed by atoms with Gasteiger partial charge in [0, 0.05) is 36.0 Å². The fraction of sp³-hybridized carbons (Fsp3) is 0.381. The highest BCUT2D eigenvalue weighted by Gasteiger charge is 2.16. The molecule has 0 saturated heterocycles. The second-order valence-corrected chi connectivity index (χ2v) is 7.13. The van der Waals surface area contributed by atoms with E-state index in [-0.39, 0.29) is 6.03 Å². The van der Waals surface area contributed by atoms with Gasteiger partial charge in [-0.2, -0.15) is 0 Å². The number of aryl methyl sites for hydroxylation is 1. The van der Waals surface area contributed by atoms with E-state index in [1.54, 1.807) is 12.1 Å². The standard InChI is InChI=1S/C21H26ClN3O/c1-2-12-25-13-4-5-17-14-16(8-9-20(17)25)10-11-23-21(26)24-19-7-3-6-18(22)15-19/h3,6-9,14-15H,2,4-5,10-13H2,1H3,(H2,23,24,26). The Bertz CT molecular complexity index is 763. The van der Waals surface area contributed by atoms with E-state index in [0.29, 0.717) is 17.3 Å². The first-order valence-electron chi connectivity index (χ1n) is 9.33. The first kappa shape index (κ1) is 18.6. The van der Waals surface area contributed by atoms with Gasteiger partial charge in [0.25, 0.3) is 0 Å². The Morgan fingerprint density at radius 3 is 2.92 bits per heavy atom. The van der Waals surface area contributed by atoms with Crippen molar-refractivity contribution in [3.05, 3.63) is 58.6 Å². The number of carbonyl (C=O) groups excluding carboxylic acids is 1. The number of nitrogens with one attached hydrogen (secondary N) is 2. The normalized spacial score (nSPS) is 13.2. The van der Waals surface area contributed by atoms with Crippen LogP contribution < -0.4 is 15.5 Å². The molecule has 1 aliphatic rings. The number of anilines is 2. The van der Waals surface area contributed by atoms with Crippen molar-refractivity contribution in [2.75, 3.05) is 29.9 Å². The molecular formula is C21H26ClN3O. The first-order chi connectivity index (χ1) is 12.7. The average molecular weight is 372 g/mol. The van der Waals surface area contributed by atoms with Crippen LogP contribution in [0.4, 0.5) is 16.2 Å². The number of rotatable bonds is 6. The van der Waals surface area contributed by atoms with Crippen LogP contribution in [-0.2, 0) is 12.8 Å². The van der Waals surface area contributed by atoms with E-state index in [9.17, 15) is 4.79 Å². The Balaban J connectivity index is 1.51. The topological polar surface area (TPSA) is 44.4 Å². The van der Waals surface area contributed by atoms with Crippen LogP contribution in [0, 0.1) is 0 Å². The summed E-state index contributed by atoms with van der Waals surface area (Å²) in [5.74, 6) is 0. The molecular weight excluding hydrogens is 346 g/mol. The lowest BCUT2D eigenvalue weighted by Gasteiger charge is -2.31. The van der Waals surface area contributed by atoms with E-state index >= 15 is 0 Å². The molecule has 0 spiro atoms. The maximum Gasteiger partial charge on any atom is 0.319 e. The molecule has 0 unspecified atom stereocenters. The molecule has 0 bridgehead atoms. The molecule has 138 valence electrons. The van der Waals surface area contributed by atoms with Crippen molar-refractivity contribution < 1.29 is 4.79 Å². The quantitative estimate of drug-likeness (QED) is 0.761. The molecule has 5 heteroatoms. The van der Waals surface area contributed by atoms with Crippen LogP contribution in [0.1, 0.15) is 30.9 Å². The van der Waals surface area contributed by atoms with Gasteiger partial charge in [-0.15, -0.1) is 0 Å². The van der Waals surface area contributed by atoms with Crippen LogP contribution in [0.2, 0.25) is 5.02 Å². The zero-order valence-corrected chi connectivity index (χ0v) is 16.0. The SMILES string of the molecule is CCCN1CCCc2cc(CCNC(=O)Nc3cccc(Cl)c3)ccc21. The molecule has 2 amide bonds. The maximum absolute atomic E-state index is 12.0. The minimum atomic E-state index is -0.209. The van der Waals surface area contributed by atoms with Crippen LogP contribution in [0.5, 0.6) is 0 Å². The summed E-state index contributed by atoms with van der Waals surface area (Å²) in [5, 5.41) is 6.31. The van der Waals surface area contributed by atoms with Gasteiger partial charge in [-0.25, -0.2) is 4.79 Å². The van der Waals surface area contributed by atoms with Gasteiger partial charge >= 0.3 is 6.03 Å². The Morgan fingerprint density at radius 2 is 2.12 bits per heavy atom. The number of benzene rings is 2. The third-order valence-corrected chi connectivity index (χ3v) is 4.87. The van der Waals surface area contributed by atoms with E-state index in [4.69, 9.17) is 11.6 Å². The van der Waals surface area contributed by atoms with Crippen molar-refractivity contribution >= 4 is 29.0 Å². The molecule has 26 heavy (non-hydrogen) atoms. The van der Waals surface area contributed by atoms with Crippen molar-refractivity contribution in [1.82, 2.24) is 5.32 Å². The lowest BCUT2D eigenvalue weighted by molar-refractivity contribution is 0.252. The Hall–Kier alpha value is -2.20. The predicted octanol–water partition coefficient (Wildman–Crippen LogP) is 4.87. The van der Waals surface area contributed by atoms with Crippen LogP contribution in [0.15, 0.2) is 42.5 Å². The third-order valence-electron chi connectivity index (χ3n) is 4.63. The molecule has 0 radical (unpaired) electrons. The van der Waals surface area contributed by atoms with E-state index < -0.39 is 0 Å². The summed E-state index contributed by atoms with van der Waals surface area (Å²) < 4.78 is 0. The summed E-state index contributed by atoms with van der Waals surface area (Å²) in [6, 6.07) is 13.7. The lowest BCUT2D eigenvalue weighted by atomic mass is 9.98. The summed E-state index contributed by atoms with van der Waals surface area (Å²) in [5.41, 5.74) is 4.78. The van der Waals surface area contributed by atoms with Crippen molar-refractivity contribution in [1.29, 1.82) is 0 Å². The van der Waals surface area contributed by atoms with Gasteiger partial charge in [-0.05, 0) is 61.1 Å². The summed E-state index contributed by atoms with van der Waals surface area (Å²) in [6.45, 7) is 5.11. The van der Waals surface area contributed by atoms with E-state index in [1.165, 1.54) is 29.7 Å². The summed E-state index contributed by atoms with van der Waals surface area (Å²) in [6.07, 6.45) is 4.36. The maximum atomic E-state index is 12.0. The zero-order valence-electron chi connectivity index (χ0n) is 15.2. The third kappa shape index (κ3) is 4.92. The number of hydrogen-bond acceptors (Lipinski definition) is 2. The smallest absolute Gasteiger partial charge is 0.319 e. The highest BCUT2D eigenvalue weighted by Crippen LogP contribution is 2.28. The molecule has 0 saturated carbocycles. The van der Waals surface area contributed by atoms with Crippen molar-refractivity contribution in [2.45, 2.75) is 32.6 Å². The molecule has 2 aromatic rings. The molecule has 0 aliphatic carbocycles. The van der Waals surface area contributed by atoms with Gasteiger partial charge < -0.3 is 15.5 Å². The van der Waals surface area contributed by atoms with Crippen molar-refractivity contribution in [3.63, 3.8) is 0 Å². The van der Waals surface area contributed by atoms with Gasteiger partial charge in [0.1, 0.15) is 0 Å². The van der Waals surface area contributed by atoms with Crippen LogP contribution in [0.25, 0.3) is 0 Å². The number of halogens is 1. The largest absolute Gasteiger partial charge is 0.371 e. The van der Waals surface area contributed by atoms with Gasteiger partial charge in [-0.3, -0.25) is 0 Å². The number of hydrogen-bond donors (Lipinski definition) is 2. The highest BCUT2D eigenvalue weighted by atomic mass is 35.5. The molecule has 1 aliphatic heterocycles. The molecule has 2 N–H and O–H groups in total. The van der Waals surface area contributed by atoms with Crippen molar-refractivity contribution in [2.24, 2.45) is 0 Å². The molecule has 0 aromatic heterocycles. The zero-order chi connectivity index (χ0) is 18.4. The average Bonchev–Trinajstić information content (AvgIpc) is 2.62. The molecule has 3 rings (SSSR count). The Labute approximate surface area is 160 Å². The molecule has 0 atom stereocenters. The monoisotopic (exact) mass is 371 g/mol. The first-order valence-corrected chi connectivity index (χ1v) is 9.70. The summed E-state index contributed by atoms with van der Waals surface area (Å²) in [4.78, 5) is 14.5. The second kappa shape index (κ2) is 8.95. The van der Waals surface area contributed by atoms with Crippen molar-refractivity contribution in [3.8, 4) is 0 Å². The van der Waals surface area contributed by atoms with Crippen LogP contribution in [0.3, 0.4) is 0 Å². The Kier molecular flexibility index (Phi) is 6.40. The lowest BCUT2D eigenvalue weighted by Crippen LogP contribution is -2.31. The minimum absolute atomic E-state index is 0.209. The fourth-order valence-corrected chi connectivity index (χ4v) is 3.64. The van der Waals surface area contributed by atoms with Gasteiger partial charge in [-0.1, -0.05) is 36.7 Å². The molecule has 1 heterocycles. The predicted molar refractivity (Wildman–Crippen MR) is 109 cm³/mol. The number of nitrogens with zero attached hydrogens (tertiary/aromatic N) is 1. The van der Waals surface area contributed by atoms with E-state index in [0.717, 1.165) is 25.9 Å². The van der Waals surface area contributed by atoms with Gasteiger partial charge in [0.15, 0.2) is 0 Å². The summed E-state index contributed by atoms with van der Waals surface area (Å²) in [7, 11) is 0. The van der Waals surface area contributed by atoms with Gasteiger partial charge in [0.05, 0.1) is 0 Å². The van der Waals surface area contributed by atoms with E-state index in [1.807, 2.05) is 12.1 Å². The highest BCUT2D eigenvalue weighted by molar-refractivity contribution is 6.30. The molecule has 4 nitrogen and oxygen atoms in total. The number of amides is 2. The van der Waals surface area contributed by atoms with E-state index in [2.05, 4.69) is 40.7 Å². The molecule has 2 aromatic carbocycles.